The zero-order valence-corrected chi connectivity index (χ0v) is 21.0. The molecule has 0 bridgehead atoms. The van der Waals surface area contributed by atoms with Gasteiger partial charge in [0, 0.05) is 10.0 Å². The molecular formula is C23H31BrO4Si. The number of rotatable bonds is 7. The highest BCUT2D eigenvalue weighted by Crippen LogP contribution is 2.37. The van der Waals surface area contributed by atoms with Gasteiger partial charge in [-0.1, -0.05) is 48.8 Å². The first-order valence-electron chi connectivity index (χ1n) is 9.67. The second-order valence-corrected chi connectivity index (χ2v) is 14.4. The molecule has 0 saturated carbocycles. The molecule has 0 spiro atoms. The van der Waals surface area contributed by atoms with Crippen LogP contribution in [-0.4, -0.2) is 21.4 Å². The molecule has 0 fully saturated rings. The predicted octanol–water partition coefficient (Wildman–Crippen LogP) is 6.64. The Bertz CT molecular complexity index is 872. The normalized spacial score (nSPS) is 12.0. The number of esters is 1. The maximum atomic E-state index is 11.8. The molecule has 29 heavy (non-hydrogen) atoms. The Morgan fingerprint density at radius 2 is 1.76 bits per heavy atom. The van der Waals surface area contributed by atoms with Crippen LogP contribution in [0, 0.1) is 6.92 Å². The van der Waals surface area contributed by atoms with Gasteiger partial charge in [-0.25, -0.2) is 4.79 Å². The van der Waals surface area contributed by atoms with Crippen LogP contribution in [0.1, 0.15) is 47.8 Å². The maximum absolute atomic E-state index is 11.8. The van der Waals surface area contributed by atoms with Crippen molar-refractivity contribution in [3.8, 4) is 5.75 Å². The zero-order valence-electron chi connectivity index (χ0n) is 18.4. The van der Waals surface area contributed by atoms with Gasteiger partial charge in [0.1, 0.15) is 12.4 Å². The summed E-state index contributed by atoms with van der Waals surface area (Å²) in [6.07, 6.45) is 0. The van der Waals surface area contributed by atoms with Gasteiger partial charge in [-0.3, -0.25) is 0 Å². The van der Waals surface area contributed by atoms with E-state index in [0.29, 0.717) is 18.8 Å². The number of halogens is 1. The van der Waals surface area contributed by atoms with Crippen LogP contribution in [0.25, 0.3) is 0 Å². The summed E-state index contributed by atoms with van der Waals surface area (Å²) in [4.78, 5) is 11.8. The summed E-state index contributed by atoms with van der Waals surface area (Å²) in [5.41, 5.74) is 3.54. The molecule has 0 radical (unpaired) electrons. The average Bonchev–Trinajstić information content (AvgIpc) is 2.65. The van der Waals surface area contributed by atoms with Gasteiger partial charge in [0.05, 0.1) is 19.3 Å². The van der Waals surface area contributed by atoms with E-state index in [0.717, 1.165) is 26.9 Å². The van der Waals surface area contributed by atoms with Crippen molar-refractivity contribution in [3.05, 3.63) is 63.1 Å². The third-order valence-electron chi connectivity index (χ3n) is 5.51. The van der Waals surface area contributed by atoms with Crippen LogP contribution in [-0.2, 0) is 22.4 Å². The molecular weight excluding hydrogens is 448 g/mol. The van der Waals surface area contributed by atoms with E-state index >= 15 is 0 Å². The average molecular weight is 479 g/mol. The van der Waals surface area contributed by atoms with E-state index in [1.54, 1.807) is 12.1 Å². The third-order valence-corrected chi connectivity index (χ3v) is 10.8. The minimum atomic E-state index is -1.81. The Morgan fingerprint density at radius 3 is 2.38 bits per heavy atom. The summed E-state index contributed by atoms with van der Waals surface area (Å²) in [6, 6.07) is 11.5. The third kappa shape index (κ3) is 6.17. The molecule has 6 heteroatoms. The molecule has 0 N–H and O–H groups in total. The molecule has 158 valence electrons. The van der Waals surface area contributed by atoms with Gasteiger partial charge in [-0.2, -0.15) is 0 Å². The fourth-order valence-corrected chi connectivity index (χ4v) is 3.78. The van der Waals surface area contributed by atoms with Gasteiger partial charge < -0.3 is 13.9 Å². The summed E-state index contributed by atoms with van der Waals surface area (Å²) in [6.45, 7) is 14.2. The largest absolute Gasteiger partial charge is 0.489 e. The number of methoxy groups -OCH3 is 1. The fraction of sp³-hybridized carbons (Fsp3) is 0.435. The number of carbonyl (C=O) groups is 1. The summed E-state index contributed by atoms with van der Waals surface area (Å²) in [7, 11) is -0.433. The number of benzene rings is 2. The van der Waals surface area contributed by atoms with Gasteiger partial charge in [0.15, 0.2) is 8.32 Å². The number of carbonyl (C=O) groups excluding carboxylic acids is 1. The first kappa shape index (κ1) is 23.6. The molecule has 0 amide bonds. The van der Waals surface area contributed by atoms with Crippen molar-refractivity contribution in [3.63, 3.8) is 0 Å². The molecule has 0 aromatic heterocycles. The van der Waals surface area contributed by atoms with Gasteiger partial charge in [-0.05, 0) is 60.4 Å². The lowest BCUT2D eigenvalue weighted by Crippen LogP contribution is -2.40. The SMILES string of the molecule is COC(=O)c1ccc(Br)c(COc2cc(CO[Si](C)(C)C(C)(C)C)ccc2C)c1. The van der Waals surface area contributed by atoms with Crippen LogP contribution < -0.4 is 4.74 Å². The molecule has 2 aromatic carbocycles. The Morgan fingerprint density at radius 1 is 1.07 bits per heavy atom. The first-order chi connectivity index (χ1) is 13.4. The van der Waals surface area contributed by atoms with Gasteiger partial charge in [0.25, 0.3) is 0 Å². The van der Waals surface area contributed by atoms with E-state index in [2.05, 4.69) is 61.9 Å². The van der Waals surface area contributed by atoms with Crippen LogP contribution in [0.5, 0.6) is 5.75 Å². The minimum Gasteiger partial charge on any atom is -0.489 e. The zero-order chi connectivity index (χ0) is 21.8. The molecule has 0 unspecified atom stereocenters. The van der Waals surface area contributed by atoms with Crippen molar-refractivity contribution >= 4 is 30.2 Å². The molecule has 0 aliphatic carbocycles. The van der Waals surface area contributed by atoms with Gasteiger partial charge in [-0.15, -0.1) is 0 Å². The highest BCUT2D eigenvalue weighted by molar-refractivity contribution is 9.10. The lowest BCUT2D eigenvalue weighted by Gasteiger charge is -2.36. The maximum Gasteiger partial charge on any atom is 0.337 e. The first-order valence-corrected chi connectivity index (χ1v) is 13.4. The second-order valence-electron chi connectivity index (χ2n) is 8.74. The quantitative estimate of drug-likeness (QED) is 0.330. The molecule has 2 aromatic rings. The molecule has 0 atom stereocenters. The van der Waals surface area contributed by atoms with Crippen molar-refractivity contribution < 1.29 is 18.7 Å². The van der Waals surface area contributed by atoms with E-state index in [1.165, 1.54) is 7.11 Å². The Kier molecular flexibility index (Phi) is 7.71. The number of ether oxygens (including phenoxy) is 2. The van der Waals surface area contributed by atoms with Crippen molar-refractivity contribution in [1.29, 1.82) is 0 Å². The molecule has 0 saturated heterocycles. The van der Waals surface area contributed by atoms with E-state index in [9.17, 15) is 4.79 Å². The molecule has 0 heterocycles. The molecule has 0 aliphatic heterocycles. The highest BCUT2D eigenvalue weighted by Gasteiger charge is 2.37. The lowest BCUT2D eigenvalue weighted by atomic mass is 10.1. The van der Waals surface area contributed by atoms with Crippen LogP contribution >= 0.6 is 15.9 Å². The van der Waals surface area contributed by atoms with Crippen molar-refractivity contribution in [2.45, 2.75) is 59.0 Å². The van der Waals surface area contributed by atoms with Crippen LogP contribution in [0.2, 0.25) is 18.1 Å². The predicted molar refractivity (Wildman–Crippen MR) is 123 cm³/mol. The van der Waals surface area contributed by atoms with E-state index in [1.807, 2.05) is 19.1 Å². The van der Waals surface area contributed by atoms with Gasteiger partial charge in [0.2, 0.25) is 0 Å². The lowest BCUT2D eigenvalue weighted by molar-refractivity contribution is 0.0600. The summed E-state index contributed by atoms with van der Waals surface area (Å²) < 4.78 is 18.1. The summed E-state index contributed by atoms with van der Waals surface area (Å²) in [5, 5.41) is 0.175. The van der Waals surface area contributed by atoms with Crippen molar-refractivity contribution in [2.75, 3.05) is 7.11 Å². The van der Waals surface area contributed by atoms with Crippen LogP contribution in [0.4, 0.5) is 0 Å². The van der Waals surface area contributed by atoms with Crippen molar-refractivity contribution in [2.24, 2.45) is 0 Å². The fourth-order valence-electron chi connectivity index (χ4n) is 2.46. The smallest absolute Gasteiger partial charge is 0.337 e. The minimum absolute atomic E-state index is 0.175. The van der Waals surface area contributed by atoms with E-state index < -0.39 is 8.32 Å². The second kappa shape index (κ2) is 9.45. The summed E-state index contributed by atoms with van der Waals surface area (Å²) in [5.74, 6) is 0.455. The monoisotopic (exact) mass is 478 g/mol. The van der Waals surface area contributed by atoms with E-state index in [4.69, 9.17) is 13.9 Å². The number of hydrogen-bond acceptors (Lipinski definition) is 4. The van der Waals surface area contributed by atoms with Crippen LogP contribution in [0.15, 0.2) is 40.9 Å². The molecule has 4 nitrogen and oxygen atoms in total. The number of aryl methyl sites for hydroxylation is 1. The molecule has 2 rings (SSSR count). The van der Waals surface area contributed by atoms with Crippen LogP contribution in [0.3, 0.4) is 0 Å². The number of hydrogen-bond donors (Lipinski definition) is 0. The highest BCUT2D eigenvalue weighted by atomic mass is 79.9. The van der Waals surface area contributed by atoms with Crippen molar-refractivity contribution in [1.82, 2.24) is 0 Å². The standard InChI is InChI=1S/C23H31BrO4Si/c1-16-8-9-17(14-28-29(6,7)23(2,3)4)12-21(16)27-15-19-13-18(22(25)26-5)10-11-20(19)24/h8-13H,14-15H2,1-7H3. The van der Waals surface area contributed by atoms with Gasteiger partial charge >= 0.3 is 5.97 Å². The molecule has 0 aliphatic rings. The summed E-state index contributed by atoms with van der Waals surface area (Å²) >= 11 is 3.53. The Balaban J connectivity index is 2.12. The topological polar surface area (TPSA) is 44.8 Å². The Hall–Kier alpha value is -1.63. The van der Waals surface area contributed by atoms with E-state index in [-0.39, 0.29) is 11.0 Å². The Labute approximate surface area is 183 Å².